The molecule has 0 aromatic rings. The second-order valence-corrected chi connectivity index (χ2v) is 33.8. The summed E-state index contributed by atoms with van der Waals surface area (Å²) in [6.07, 6.45) is 15.8. The molecule has 1 aliphatic heterocycles. The number of carbonyl (C=O) groups excluding carboxylic acids is 4. The minimum atomic E-state index is -1.93. The molecule has 4 unspecified atom stereocenters. The summed E-state index contributed by atoms with van der Waals surface area (Å²) in [7, 11) is -2.79. The van der Waals surface area contributed by atoms with E-state index in [4.69, 9.17) is 13.6 Å². The van der Waals surface area contributed by atoms with Gasteiger partial charge in [0.25, 0.3) is 0 Å². The first-order chi connectivity index (χ1) is 24.6. The molecule has 0 bridgehead atoms. The van der Waals surface area contributed by atoms with Crippen LogP contribution in [-0.2, 0) is 42.2 Å². The number of rotatable bonds is 15. The average Bonchev–Trinajstić information content (AvgIpc) is 3.49. The Kier molecular flexibility index (Phi) is 18.2. The van der Waals surface area contributed by atoms with Crippen molar-refractivity contribution in [1.82, 2.24) is 0 Å². The number of allylic oxidation sites excluding steroid dienone is 4. The molecule has 55 heavy (non-hydrogen) atoms. The van der Waals surface area contributed by atoms with Gasteiger partial charge in [0.1, 0.15) is 0 Å². The Morgan fingerprint density at radius 3 is 1.65 bits per heavy atom. The van der Waals surface area contributed by atoms with Gasteiger partial charge in [0.05, 0.1) is 45.8 Å². The number of epoxide rings is 1. The van der Waals surface area contributed by atoms with Crippen LogP contribution in [0, 0.1) is 0 Å². The Bertz CT molecular complexity index is 1530. The normalized spacial score (nSPS) is 23.6. The van der Waals surface area contributed by atoms with E-state index >= 15 is 0 Å². The van der Waals surface area contributed by atoms with Crippen molar-refractivity contribution < 1.29 is 42.2 Å². The zero-order valence-corrected chi connectivity index (χ0v) is 39.2. The molecule has 1 fully saturated rings. The number of ketones is 2. The van der Waals surface area contributed by atoms with Crippen LogP contribution < -0.4 is 0 Å². The quantitative estimate of drug-likeness (QED) is 0.0523. The number of hydrogen-bond donors (Lipinski definition) is 0. The molecule has 0 aromatic carbocycles. The highest BCUT2D eigenvalue weighted by molar-refractivity contribution is 6.80. The zero-order valence-electron chi connectivity index (χ0n) is 36.2. The zero-order chi connectivity index (χ0) is 41.5. The van der Waals surface area contributed by atoms with Crippen LogP contribution >= 0.6 is 0 Å². The van der Waals surface area contributed by atoms with Crippen molar-refractivity contribution in [2.45, 2.75) is 174 Å². The van der Waals surface area contributed by atoms with E-state index < -0.39 is 24.7 Å². The average molecular weight is 819 g/mol. The molecule has 1 saturated heterocycles. The van der Waals surface area contributed by atoms with Crippen LogP contribution in [0.3, 0.4) is 0 Å². The van der Waals surface area contributed by atoms with Crippen molar-refractivity contribution in [2.24, 2.45) is 0 Å². The van der Waals surface area contributed by atoms with Crippen LogP contribution in [0.25, 0.3) is 0 Å². The number of hydrogen-bond acceptors (Lipinski definition) is 9. The molecule has 0 N–H and O–H groups in total. The van der Waals surface area contributed by atoms with Crippen LogP contribution in [0.1, 0.15) is 94.4 Å². The standard InChI is InChI=1S/C22H38O5Si2.C20H32O4Si.CH4/c1-21(2,3)29(8,9)27-17-13-16(18(23)14-17)15-22(28(5,6)7)19(26-22)11-10-12-20(24)25-4;1-15(10-8-9-11-19(22)23-5)12-16-13-17(14-18(16)21)24-25(6,7)20(2,3)4;/h10,12-13,17,19H,11,14-15H2,1-9H3;9-11,13,17H,8,12,14H2,1-7H3;1H4/b12-10+;11-9+,15-10+;. The summed E-state index contributed by atoms with van der Waals surface area (Å²) in [5.74, 6) is -0.346. The van der Waals surface area contributed by atoms with Gasteiger partial charge in [0, 0.05) is 31.4 Å². The van der Waals surface area contributed by atoms with Gasteiger partial charge >= 0.3 is 11.9 Å². The molecule has 3 rings (SSSR count). The van der Waals surface area contributed by atoms with E-state index in [1.165, 1.54) is 26.4 Å². The molecule has 1 heterocycles. The lowest BCUT2D eigenvalue weighted by molar-refractivity contribution is -0.135. The summed E-state index contributed by atoms with van der Waals surface area (Å²) in [6, 6.07) is 0. The largest absolute Gasteiger partial charge is 0.466 e. The van der Waals surface area contributed by atoms with Gasteiger partial charge in [-0.25, -0.2) is 9.59 Å². The molecule has 0 radical (unpaired) electrons. The SMILES string of the molecule is C.COC(=O)/C=C/C/C=C(\C)CC1=CC(O[Si](C)(C)C(C)(C)C)CC1=O.COC(=O)/C=C/CC1OC1(CC1=CC(O[Si](C)(C)C(C)(C)C)CC1=O)[Si](C)(C)C. The van der Waals surface area contributed by atoms with Gasteiger partial charge in [-0.1, -0.05) is 92.4 Å². The van der Waals surface area contributed by atoms with Crippen LogP contribution in [0.5, 0.6) is 0 Å². The third kappa shape index (κ3) is 14.4. The summed E-state index contributed by atoms with van der Waals surface area (Å²) in [4.78, 5) is 47.3. The molecule has 4 atom stereocenters. The van der Waals surface area contributed by atoms with Crippen LogP contribution in [-0.4, -0.2) is 86.0 Å². The fourth-order valence-corrected chi connectivity index (χ4v) is 10.8. The minimum Gasteiger partial charge on any atom is -0.466 e. The molecule has 312 valence electrons. The van der Waals surface area contributed by atoms with E-state index in [0.29, 0.717) is 38.5 Å². The second kappa shape index (κ2) is 19.8. The number of methoxy groups -OCH3 is 2. The highest BCUT2D eigenvalue weighted by Crippen LogP contribution is 2.51. The molecule has 0 spiro atoms. The molecule has 0 amide bonds. The lowest BCUT2D eigenvalue weighted by Crippen LogP contribution is -2.44. The highest BCUT2D eigenvalue weighted by Gasteiger charge is 2.63. The Morgan fingerprint density at radius 2 is 1.22 bits per heavy atom. The fourth-order valence-electron chi connectivity index (χ4n) is 6.01. The van der Waals surface area contributed by atoms with Gasteiger partial charge in [0.15, 0.2) is 28.2 Å². The first kappa shape index (κ1) is 50.5. The maximum absolute atomic E-state index is 12.8. The maximum Gasteiger partial charge on any atom is 0.330 e. The first-order valence-electron chi connectivity index (χ1n) is 19.2. The molecule has 3 aliphatic rings. The third-order valence-electron chi connectivity index (χ3n) is 11.6. The van der Waals surface area contributed by atoms with Crippen molar-refractivity contribution in [3.05, 3.63) is 59.3 Å². The minimum absolute atomic E-state index is 0. The van der Waals surface area contributed by atoms with Crippen LogP contribution in [0.4, 0.5) is 0 Å². The van der Waals surface area contributed by atoms with E-state index in [0.717, 1.165) is 16.7 Å². The van der Waals surface area contributed by atoms with E-state index in [1.807, 2.05) is 31.2 Å². The van der Waals surface area contributed by atoms with Gasteiger partial charge in [-0.05, 0) is 85.7 Å². The van der Waals surface area contributed by atoms with E-state index in [-0.39, 0.29) is 64.5 Å². The smallest absolute Gasteiger partial charge is 0.330 e. The molecule has 9 nitrogen and oxygen atoms in total. The predicted octanol–water partition coefficient (Wildman–Crippen LogP) is 10.2. The van der Waals surface area contributed by atoms with Gasteiger partial charge in [-0.15, -0.1) is 0 Å². The van der Waals surface area contributed by atoms with Gasteiger partial charge in [0.2, 0.25) is 0 Å². The summed E-state index contributed by atoms with van der Waals surface area (Å²) in [5.41, 5.74) is 2.81. The van der Waals surface area contributed by atoms with Crippen molar-refractivity contribution in [3.63, 3.8) is 0 Å². The fraction of sp³-hybridized carbons (Fsp3) is 0.674. The summed E-state index contributed by atoms with van der Waals surface area (Å²) < 4.78 is 28.2. The Balaban J connectivity index is 0.000000546. The van der Waals surface area contributed by atoms with Crippen molar-refractivity contribution in [3.8, 4) is 0 Å². The van der Waals surface area contributed by atoms with Gasteiger partial charge < -0.3 is 23.1 Å². The number of ether oxygens (including phenoxy) is 3. The molecule has 0 saturated carbocycles. The summed E-state index contributed by atoms with van der Waals surface area (Å²) in [5, 5.41) is -0.0158. The van der Waals surface area contributed by atoms with Crippen LogP contribution in [0.15, 0.2) is 59.3 Å². The topological polar surface area (TPSA) is 118 Å². The number of Topliss-reactive ketones (excluding diaryl/α,β-unsaturated/α-hetero) is 2. The lowest BCUT2D eigenvalue weighted by Gasteiger charge is -2.37. The van der Waals surface area contributed by atoms with E-state index in [9.17, 15) is 19.2 Å². The van der Waals surface area contributed by atoms with Crippen molar-refractivity contribution in [2.75, 3.05) is 14.2 Å². The van der Waals surface area contributed by atoms with Crippen molar-refractivity contribution in [1.29, 1.82) is 0 Å². The predicted molar refractivity (Wildman–Crippen MR) is 232 cm³/mol. The Labute approximate surface area is 336 Å². The third-order valence-corrected chi connectivity index (χ3v) is 23.8. The maximum atomic E-state index is 12.8. The molecular formula is C43H74O9Si3. The van der Waals surface area contributed by atoms with E-state index in [1.54, 1.807) is 6.08 Å². The monoisotopic (exact) mass is 818 g/mol. The number of carbonyl (C=O) groups is 4. The first-order valence-corrected chi connectivity index (χ1v) is 28.6. The lowest BCUT2D eigenvalue weighted by atomic mass is 10.0. The molecule has 2 aliphatic carbocycles. The van der Waals surface area contributed by atoms with E-state index in [2.05, 4.69) is 96.8 Å². The van der Waals surface area contributed by atoms with Crippen molar-refractivity contribution >= 4 is 48.2 Å². The van der Waals surface area contributed by atoms with Crippen LogP contribution in [0.2, 0.25) is 55.9 Å². The summed E-state index contributed by atoms with van der Waals surface area (Å²) >= 11 is 0. The Hall–Kier alpha value is -2.49. The molecule has 0 aromatic heterocycles. The molecule has 12 heteroatoms. The number of esters is 2. The van der Waals surface area contributed by atoms with Gasteiger partial charge in [-0.2, -0.15) is 0 Å². The summed E-state index contributed by atoms with van der Waals surface area (Å²) in [6.45, 7) is 31.0. The second-order valence-electron chi connectivity index (χ2n) is 18.9. The Morgan fingerprint density at radius 1 is 0.782 bits per heavy atom. The highest BCUT2D eigenvalue weighted by atomic mass is 28.4. The molecular weight excluding hydrogens is 745 g/mol. The van der Waals surface area contributed by atoms with Gasteiger partial charge in [-0.3, -0.25) is 9.59 Å².